The number of aromatic nitrogens is 2. The molecule has 1 N–H and O–H groups in total. The van der Waals surface area contributed by atoms with Gasteiger partial charge < -0.3 is 14.5 Å². The van der Waals surface area contributed by atoms with Crippen molar-refractivity contribution in [3.8, 4) is 5.75 Å². The van der Waals surface area contributed by atoms with Crippen molar-refractivity contribution in [2.75, 3.05) is 11.9 Å². The third-order valence-electron chi connectivity index (χ3n) is 4.15. The minimum absolute atomic E-state index is 0.0233. The number of hydrogen-bond donors (Lipinski definition) is 1. The Hall–Kier alpha value is -2.62. The van der Waals surface area contributed by atoms with Gasteiger partial charge in [0.25, 0.3) is 5.91 Å². The molecule has 0 fully saturated rings. The van der Waals surface area contributed by atoms with E-state index in [4.69, 9.17) is 9.15 Å². The molecule has 0 bridgehead atoms. The average Bonchev–Trinajstić information content (AvgIpc) is 3.28. The minimum Gasteiger partial charge on any atom is -0.484 e. The van der Waals surface area contributed by atoms with Crippen LogP contribution in [0.3, 0.4) is 0 Å². The van der Waals surface area contributed by atoms with Crippen molar-refractivity contribution in [2.45, 2.75) is 24.9 Å². The van der Waals surface area contributed by atoms with Gasteiger partial charge in [0.15, 0.2) is 18.6 Å². The molecular formula is C16H12F3N3O3S. The molecule has 2 aromatic heterocycles. The highest BCUT2D eigenvalue weighted by Crippen LogP contribution is 2.47. The average molecular weight is 383 g/mol. The summed E-state index contributed by atoms with van der Waals surface area (Å²) in [6.07, 6.45) is -2.80. The smallest absolute Gasteiger partial charge is 0.397 e. The van der Waals surface area contributed by atoms with Crippen molar-refractivity contribution >= 4 is 33.5 Å². The molecule has 1 aliphatic rings. The molecule has 1 amide bonds. The Balaban J connectivity index is 1.40. The van der Waals surface area contributed by atoms with Crippen LogP contribution in [-0.4, -0.2) is 28.0 Å². The lowest BCUT2D eigenvalue weighted by Gasteiger charge is -2.12. The number of rotatable bonds is 4. The number of halogens is 3. The molecule has 0 spiro atoms. The number of hydrogen-bond acceptors (Lipinski definition) is 6. The Morgan fingerprint density at radius 3 is 3.08 bits per heavy atom. The first-order chi connectivity index (χ1) is 12.4. The largest absolute Gasteiger partial charge is 0.484 e. The molecule has 3 aromatic rings. The van der Waals surface area contributed by atoms with Gasteiger partial charge in [-0.25, -0.2) is 4.98 Å². The summed E-state index contributed by atoms with van der Waals surface area (Å²) in [5.41, 5.74) is 1.69. The van der Waals surface area contributed by atoms with Gasteiger partial charge in [0.2, 0.25) is 0 Å². The van der Waals surface area contributed by atoms with E-state index in [9.17, 15) is 18.0 Å². The summed E-state index contributed by atoms with van der Waals surface area (Å²) in [6.45, 7) is -0.279. The van der Waals surface area contributed by atoms with Gasteiger partial charge in [-0.2, -0.15) is 17.5 Å². The Morgan fingerprint density at radius 2 is 2.27 bits per heavy atom. The Labute approximate surface area is 149 Å². The van der Waals surface area contributed by atoms with Crippen LogP contribution in [0.25, 0.3) is 11.1 Å². The molecule has 1 aromatic carbocycles. The van der Waals surface area contributed by atoms with E-state index in [-0.39, 0.29) is 25.1 Å². The van der Waals surface area contributed by atoms with Crippen LogP contribution < -0.4 is 10.1 Å². The van der Waals surface area contributed by atoms with E-state index in [0.717, 1.165) is 11.5 Å². The zero-order valence-corrected chi connectivity index (χ0v) is 14.0. The van der Waals surface area contributed by atoms with E-state index in [0.29, 0.717) is 27.4 Å². The molecule has 6 nitrogen and oxygen atoms in total. The first-order valence-electron chi connectivity index (χ1n) is 7.73. The second-order valence-electron chi connectivity index (χ2n) is 5.83. The van der Waals surface area contributed by atoms with E-state index in [2.05, 4.69) is 14.7 Å². The number of nitrogens with one attached hydrogen (secondary N) is 1. The van der Waals surface area contributed by atoms with Gasteiger partial charge in [-0.05, 0) is 36.5 Å². The van der Waals surface area contributed by atoms with Gasteiger partial charge >= 0.3 is 6.18 Å². The lowest BCUT2D eigenvalue weighted by molar-refractivity contribution is -0.150. The topological polar surface area (TPSA) is 77.2 Å². The molecule has 0 saturated carbocycles. The van der Waals surface area contributed by atoms with Crippen LogP contribution in [0.4, 0.5) is 18.2 Å². The fraction of sp³-hybridized carbons (Fsp3) is 0.312. The van der Waals surface area contributed by atoms with Crippen molar-refractivity contribution in [1.29, 1.82) is 0 Å². The first-order valence-corrected chi connectivity index (χ1v) is 8.50. The predicted molar refractivity (Wildman–Crippen MR) is 87.4 cm³/mol. The zero-order valence-electron chi connectivity index (χ0n) is 13.2. The maximum absolute atomic E-state index is 13.0. The van der Waals surface area contributed by atoms with Crippen LogP contribution in [0, 0.1) is 0 Å². The van der Waals surface area contributed by atoms with E-state index < -0.39 is 18.0 Å². The molecule has 1 aliphatic carbocycles. The summed E-state index contributed by atoms with van der Waals surface area (Å²) < 4.78 is 53.3. The second-order valence-corrected chi connectivity index (χ2v) is 6.60. The molecule has 0 saturated heterocycles. The maximum Gasteiger partial charge on any atom is 0.397 e. The summed E-state index contributed by atoms with van der Waals surface area (Å²) in [6, 6.07) is 4.94. The molecule has 26 heavy (non-hydrogen) atoms. The van der Waals surface area contributed by atoms with Crippen molar-refractivity contribution in [3.63, 3.8) is 0 Å². The lowest BCUT2D eigenvalue weighted by atomic mass is 10.1. The summed E-state index contributed by atoms with van der Waals surface area (Å²) in [4.78, 5) is 16.0. The molecule has 0 aliphatic heterocycles. The third kappa shape index (κ3) is 3.12. The van der Waals surface area contributed by atoms with Crippen LogP contribution in [-0.2, 0) is 11.2 Å². The molecule has 1 atom stereocenters. The van der Waals surface area contributed by atoms with E-state index in [1.807, 2.05) is 0 Å². The minimum atomic E-state index is -4.32. The van der Waals surface area contributed by atoms with Gasteiger partial charge in [0, 0.05) is 11.6 Å². The molecule has 10 heteroatoms. The second kappa shape index (κ2) is 6.27. The molecule has 136 valence electrons. The third-order valence-corrected chi connectivity index (χ3v) is 4.97. The predicted octanol–water partition coefficient (Wildman–Crippen LogP) is 3.89. The Morgan fingerprint density at radius 1 is 1.42 bits per heavy atom. The quantitative estimate of drug-likeness (QED) is 0.740. The van der Waals surface area contributed by atoms with Gasteiger partial charge in [-0.15, -0.1) is 0 Å². The fourth-order valence-electron chi connectivity index (χ4n) is 2.92. The number of nitrogens with zero attached hydrogens (tertiary/aromatic N) is 2. The van der Waals surface area contributed by atoms with Gasteiger partial charge in [-0.1, -0.05) is 0 Å². The fourth-order valence-corrected chi connectivity index (χ4v) is 3.82. The number of oxazole rings is 1. The normalized spacial score (nSPS) is 16.7. The van der Waals surface area contributed by atoms with Crippen LogP contribution in [0.2, 0.25) is 0 Å². The number of fused-ring (bicyclic) bond motifs is 2. The van der Waals surface area contributed by atoms with Crippen molar-refractivity contribution in [2.24, 2.45) is 0 Å². The maximum atomic E-state index is 13.0. The monoisotopic (exact) mass is 383 g/mol. The zero-order chi connectivity index (χ0) is 18.3. The first kappa shape index (κ1) is 16.8. The molecular weight excluding hydrogens is 371 g/mol. The van der Waals surface area contributed by atoms with Crippen LogP contribution >= 0.6 is 11.5 Å². The van der Waals surface area contributed by atoms with Crippen molar-refractivity contribution in [1.82, 2.24) is 9.36 Å². The van der Waals surface area contributed by atoms with E-state index in [1.54, 1.807) is 18.2 Å². The number of ether oxygens (including phenoxy) is 1. The number of benzene rings is 1. The summed E-state index contributed by atoms with van der Waals surface area (Å²) in [5.74, 6) is -1.58. The van der Waals surface area contributed by atoms with Gasteiger partial charge in [0.1, 0.15) is 16.3 Å². The van der Waals surface area contributed by atoms with Crippen molar-refractivity contribution in [3.05, 3.63) is 35.9 Å². The summed E-state index contributed by atoms with van der Waals surface area (Å²) >= 11 is 0.865. The highest BCUT2D eigenvalue weighted by Gasteiger charge is 2.46. The van der Waals surface area contributed by atoms with Gasteiger partial charge in [0.05, 0.1) is 11.6 Å². The molecule has 4 rings (SSSR count). The molecule has 1 unspecified atom stereocenters. The highest BCUT2D eigenvalue weighted by molar-refractivity contribution is 7.10. The lowest BCUT2D eigenvalue weighted by Crippen LogP contribution is -2.20. The molecule has 2 heterocycles. The molecule has 0 radical (unpaired) electrons. The number of anilines is 1. The number of alkyl halides is 3. The van der Waals surface area contributed by atoms with Crippen molar-refractivity contribution < 1.29 is 27.1 Å². The summed E-state index contributed by atoms with van der Waals surface area (Å²) in [7, 11) is 0. The number of amides is 1. The Kier molecular flexibility index (Phi) is 4.06. The van der Waals surface area contributed by atoms with Gasteiger partial charge in [-0.3, -0.25) is 4.79 Å². The Bertz CT molecular complexity index is 966. The summed E-state index contributed by atoms with van der Waals surface area (Å²) in [5, 5.41) is 2.94. The highest BCUT2D eigenvalue weighted by atomic mass is 32.1. The van der Waals surface area contributed by atoms with E-state index in [1.165, 1.54) is 6.39 Å². The number of carbonyl (C=O) groups is 1. The van der Waals surface area contributed by atoms with E-state index >= 15 is 0 Å². The SMILES string of the molecule is O=C(COc1ccc2ocnc2c1)Nc1snc2c1CCC2C(F)(F)F. The standard InChI is InChI=1S/C16H12F3N3O3S/c17-16(18,19)10-3-2-9-14(10)22-26-15(9)21-13(23)6-24-8-1-4-12-11(5-8)20-7-25-12/h1,4-5,7,10H,2-3,6H2,(H,21,23). The van der Waals surface area contributed by atoms with Crippen LogP contribution in [0.15, 0.2) is 29.0 Å². The van der Waals surface area contributed by atoms with Crippen LogP contribution in [0.1, 0.15) is 23.6 Å². The number of carbonyl (C=O) groups excluding carboxylic acids is 1. The van der Waals surface area contributed by atoms with Crippen LogP contribution in [0.5, 0.6) is 5.75 Å².